The lowest BCUT2D eigenvalue weighted by Crippen LogP contribution is -1.91. The van der Waals surface area contributed by atoms with Crippen molar-refractivity contribution in [1.29, 1.82) is 0 Å². The van der Waals surface area contributed by atoms with Crippen LogP contribution in [0.25, 0.3) is 0 Å². The smallest absolute Gasteiger partial charge is 0.459 e. The molecule has 0 radical (unpaired) electrons. The molecule has 0 aromatic rings. The predicted molar refractivity (Wildman–Crippen MR) is 18.7 cm³/mol. The summed E-state index contributed by atoms with van der Waals surface area (Å²) in [5.74, 6) is 0. The molecule has 0 amide bonds. The maximum Gasteiger partial charge on any atom is 0.459 e. The zero-order valence-electron chi connectivity index (χ0n) is 2.47. The first-order valence-electron chi connectivity index (χ1n) is 0.888. The Labute approximate surface area is 37.0 Å². The van der Waals surface area contributed by atoms with Crippen LogP contribution in [0.5, 0.6) is 0 Å². The minimum absolute atomic E-state index is 1.17. The van der Waals surface area contributed by atoms with Crippen LogP contribution in [0.1, 0.15) is 0 Å². The molecule has 6 heavy (non-hydrogen) atoms. The number of rotatable bonds is 0. The first kappa shape index (κ1) is 6.43. The summed E-state index contributed by atoms with van der Waals surface area (Å²) in [7, 11) is 0. The third-order valence-corrected chi connectivity index (χ3v) is 0.766. The second kappa shape index (κ2) is 1.93. The molecule has 1 atom stereocenters. The Kier molecular flexibility index (Phi) is 2.07. The second-order valence-corrected chi connectivity index (χ2v) is 3.33. The van der Waals surface area contributed by atoms with E-state index in [4.69, 9.17) is 9.79 Å². The molecule has 38 valence electrons. The maximum absolute atomic E-state index is 10.8. The van der Waals surface area contributed by atoms with Crippen LogP contribution in [0.2, 0.25) is 0 Å². The molecule has 0 saturated heterocycles. The van der Waals surface area contributed by atoms with Gasteiger partial charge in [-0.1, -0.05) is 0 Å². The highest BCUT2D eigenvalue weighted by Crippen LogP contribution is 2.33. The van der Waals surface area contributed by atoms with Crippen molar-refractivity contribution < 1.29 is 17.9 Å². The van der Waals surface area contributed by atoms with Gasteiger partial charge in [0.05, 0.1) is 0 Å². The van der Waals surface area contributed by atoms with E-state index in [2.05, 4.69) is 0 Å². The molecule has 1 N–H and O–H groups in total. The average molecular weight is 134 g/mol. The fourth-order valence-corrected chi connectivity index (χ4v) is 0. The van der Waals surface area contributed by atoms with Crippen molar-refractivity contribution in [2.75, 3.05) is 0 Å². The number of hydrogen-bond donors (Lipinski definition) is 1. The molecular weight excluding hydrogens is 133 g/mol. The molecule has 0 aliphatic rings. The lowest BCUT2D eigenvalue weighted by molar-refractivity contribution is -0.189. The van der Waals surface area contributed by atoms with E-state index in [0.29, 0.717) is 0 Å². The molecular formula is HF2O2PS. The molecule has 0 aromatic heterocycles. The topological polar surface area (TPSA) is 43.3 Å². The van der Waals surface area contributed by atoms with Crippen LogP contribution < -0.4 is 4.89 Å². The van der Waals surface area contributed by atoms with Gasteiger partial charge >= 0.3 is 18.1 Å². The lowest BCUT2D eigenvalue weighted by Gasteiger charge is -1.91. The second-order valence-electron chi connectivity index (χ2n) is 0.520. The molecule has 0 heterocycles. The van der Waals surface area contributed by atoms with Crippen LogP contribution in [0.3, 0.4) is 0 Å². The molecule has 0 aliphatic heterocycles. The fraction of sp³-hybridized carbons (Fsp3) is 0. The van der Waals surface area contributed by atoms with Crippen molar-refractivity contribution >= 4 is 18.1 Å². The standard InChI is InChI=1S/F2HO2PS/c1-5(3,4)6-2/h(H-,3,4). The normalized spacial score (nSPS) is 19.3. The van der Waals surface area contributed by atoms with Gasteiger partial charge in [-0.2, -0.15) is 0 Å². The summed E-state index contributed by atoms with van der Waals surface area (Å²) in [6.45, 7) is -4.90. The summed E-state index contributed by atoms with van der Waals surface area (Å²) >= 11 is -1.17. The zero-order valence-corrected chi connectivity index (χ0v) is 4.18. The van der Waals surface area contributed by atoms with Gasteiger partial charge in [0.2, 0.25) is 0 Å². The number of halogens is 2. The summed E-state index contributed by atoms with van der Waals surface area (Å²) in [5.41, 5.74) is 0. The van der Waals surface area contributed by atoms with Gasteiger partial charge in [0.15, 0.2) is 0 Å². The van der Waals surface area contributed by atoms with Gasteiger partial charge in [-0.3, -0.25) is 0 Å². The quantitative estimate of drug-likeness (QED) is 0.373. The Hall–Kier alpha value is 0.430. The van der Waals surface area contributed by atoms with Gasteiger partial charge in [-0.05, 0) is 0 Å². The third kappa shape index (κ3) is 4.43. The minimum atomic E-state index is -4.90. The van der Waals surface area contributed by atoms with E-state index < -0.39 is 18.1 Å². The molecule has 0 spiro atoms. The predicted octanol–water partition coefficient (Wildman–Crippen LogP) is -0.0468. The summed E-state index contributed by atoms with van der Waals surface area (Å²) in [5, 5.41) is 0. The zero-order chi connectivity index (χ0) is 5.21. The van der Waals surface area contributed by atoms with E-state index in [-0.39, 0.29) is 0 Å². The van der Waals surface area contributed by atoms with Crippen LogP contribution >= 0.6 is 6.80 Å². The van der Waals surface area contributed by atoms with Crippen molar-refractivity contribution in [1.82, 2.24) is 0 Å². The van der Waals surface area contributed by atoms with Crippen LogP contribution in [0, 0.1) is 0 Å². The van der Waals surface area contributed by atoms with Crippen LogP contribution in [-0.2, 0) is 11.3 Å². The van der Waals surface area contributed by atoms with Crippen molar-refractivity contribution in [2.45, 2.75) is 0 Å². The minimum Gasteiger partial charge on any atom is -0.735 e. The molecule has 0 fully saturated rings. The lowest BCUT2D eigenvalue weighted by atomic mass is 15.9. The SMILES string of the molecule is [O-]P(O)(F)=[S+]F. The van der Waals surface area contributed by atoms with E-state index in [1.54, 1.807) is 0 Å². The Morgan fingerprint density at radius 3 is 2.00 bits per heavy atom. The summed E-state index contributed by atoms with van der Waals surface area (Å²) in [4.78, 5) is 16.4. The van der Waals surface area contributed by atoms with Gasteiger partial charge < -0.3 is 9.79 Å². The van der Waals surface area contributed by atoms with Gasteiger partial charge in [-0.15, -0.1) is 4.20 Å². The highest BCUT2D eigenvalue weighted by atomic mass is 32.5. The third-order valence-electron chi connectivity index (χ3n) is 0.0851. The summed E-state index contributed by atoms with van der Waals surface area (Å²) in [6.07, 6.45) is 0. The highest BCUT2D eigenvalue weighted by molar-refractivity contribution is 8.13. The van der Waals surface area contributed by atoms with Gasteiger partial charge in [0.1, 0.15) is 3.89 Å². The number of hydrogen-bond acceptors (Lipinski definition) is 1. The van der Waals surface area contributed by atoms with Crippen molar-refractivity contribution in [2.24, 2.45) is 0 Å². The van der Waals surface area contributed by atoms with E-state index in [9.17, 15) is 8.08 Å². The molecule has 0 rings (SSSR count). The van der Waals surface area contributed by atoms with E-state index >= 15 is 0 Å². The van der Waals surface area contributed by atoms with Crippen LogP contribution in [0.15, 0.2) is 0 Å². The Balaban J connectivity index is 3.79. The van der Waals surface area contributed by atoms with E-state index in [1.807, 2.05) is 0 Å². The highest BCUT2D eigenvalue weighted by Gasteiger charge is 2.08. The molecule has 2 nitrogen and oxygen atoms in total. The molecule has 0 bridgehead atoms. The van der Waals surface area contributed by atoms with E-state index in [1.165, 1.54) is 0 Å². The fourth-order valence-electron chi connectivity index (χ4n) is 0. The largest absolute Gasteiger partial charge is 0.735 e. The monoisotopic (exact) mass is 134 g/mol. The summed E-state index contributed by atoms with van der Waals surface area (Å²) in [6, 6.07) is 0. The maximum atomic E-state index is 10.8. The summed E-state index contributed by atoms with van der Waals surface area (Å²) < 4.78 is 21.3. The average Bonchev–Trinajstić information content (AvgIpc) is 1.35. The van der Waals surface area contributed by atoms with Crippen LogP contribution in [-0.4, -0.2) is 4.89 Å². The Morgan fingerprint density at radius 1 is 1.83 bits per heavy atom. The molecule has 6 heteroatoms. The van der Waals surface area contributed by atoms with Crippen molar-refractivity contribution in [3.8, 4) is 0 Å². The van der Waals surface area contributed by atoms with Gasteiger partial charge in [0, 0.05) is 0 Å². The van der Waals surface area contributed by atoms with Gasteiger partial charge in [0.25, 0.3) is 0 Å². The Morgan fingerprint density at radius 2 is 2.00 bits per heavy atom. The Bertz CT molecular complexity index is 75.3. The van der Waals surface area contributed by atoms with Gasteiger partial charge in [-0.25, -0.2) is 0 Å². The first-order chi connectivity index (χ1) is 2.56. The molecule has 0 saturated carbocycles. The van der Waals surface area contributed by atoms with Crippen molar-refractivity contribution in [3.05, 3.63) is 0 Å². The molecule has 0 aliphatic carbocycles. The van der Waals surface area contributed by atoms with Crippen LogP contribution in [0.4, 0.5) is 8.08 Å². The molecule has 0 aromatic carbocycles. The first-order valence-corrected chi connectivity index (χ1v) is 3.76. The van der Waals surface area contributed by atoms with E-state index in [0.717, 1.165) is 0 Å². The van der Waals surface area contributed by atoms with Crippen molar-refractivity contribution in [3.63, 3.8) is 0 Å². The molecule has 1 unspecified atom stereocenters.